The lowest BCUT2D eigenvalue weighted by atomic mass is 9.84. The third-order valence-electron chi connectivity index (χ3n) is 12.2. The molecule has 0 unspecified atom stereocenters. The summed E-state index contributed by atoms with van der Waals surface area (Å²) in [5, 5.41) is 16.6. The summed E-state index contributed by atoms with van der Waals surface area (Å²) < 4.78 is 13.9. The van der Waals surface area contributed by atoms with E-state index >= 15 is 0 Å². The number of amides is 4. The van der Waals surface area contributed by atoms with Crippen LogP contribution in [0.25, 0.3) is 33.3 Å². The number of hydrogen-bond donors (Lipinski definition) is 3. The Morgan fingerprint density at radius 1 is 1.12 bits per heavy atom. The van der Waals surface area contributed by atoms with Crippen LogP contribution in [0.4, 0.5) is 0 Å². The lowest BCUT2D eigenvalue weighted by Crippen LogP contribution is -2.62. The largest absolute Gasteiger partial charge is 0.508 e. The first-order chi connectivity index (χ1) is 30.5. The quantitative estimate of drug-likeness (QED) is 0.123. The van der Waals surface area contributed by atoms with Crippen LogP contribution in [0.1, 0.15) is 70.7 Å². The number of phenols is 1. The number of hydrogen-bond acceptors (Lipinski definition) is 10. The topological polar surface area (TPSA) is 176 Å². The number of nitrogens with zero attached hydrogens (tertiary/aromatic N) is 5. The Morgan fingerprint density at radius 3 is 2.59 bits per heavy atom. The van der Waals surface area contributed by atoms with Crippen molar-refractivity contribution in [2.75, 3.05) is 40.9 Å². The van der Waals surface area contributed by atoms with E-state index in [1.165, 1.54) is 27.9 Å². The van der Waals surface area contributed by atoms with E-state index in [0.29, 0.717) is 43.5 Å². The first-order valence-corrected chi connectivity index (χ1v) is 22.1. The smallest absolute Gasteiger partial charge is 0.324 e. The number of carbonyl (C=O) groups excluding carboxylic acids is 5. The Morgan fingerprint density at radius 2 is 1.89 bits per heavy atom. The van der Waals surface area contributed by atoms with Gasteiger partial charge in [0, 0.05) is 81.8 Å². The molecule has 4 heterocycles. The molecule has 6 rings (SSSR count). The summed E-state index contributed by atoms with van der Waals surface area (Å²) in [5.74, 6) is -2.57. The standard InChI is InChI=1S/C49H63N7O8/c1-10-42(58)53(7)21-18-43(59)54(8)44(30(3)4)46(60)51-39-24-31-22-33(25-34(57)23-31)32-16-17-41-36(26-32)37(45(55(41)11-2)35-14-12-19-50-40(35)28-63-9)27-49(5,6)29-64-48(62)38-15-13-20-56(52-38)47(39)61/h10,12,14,16-17,19,22-23,25-26,30,38-39,44,52,57H,1,11,13,15,18,20-21,24,27-29H2,2-9H3,(H,51,60)/t38-,39-,44-/m0/s1. The number of aromatic hydroxyl groups is 1. The third kappa shape index (κ3) is 10.5. The molecule has 4 amide bonds. The lowest BCUT2D eigenvalue weighted by molar-refractivity contribution is -0.155. The van der Waals surface area contributed by atoms with Crippen molar-refractivity contribution in [1.82, 2.24) is 35.1 Å². The Hall–Kier alpha value is -6.06. The molecule has 64 heavy (non-hydrogen) atoms. The van der Waals surface area contributed by atoms with Crippen LogP contribution < -0.4 is 10.7 Å². The maximum atomic E-state index is 14.6. The Kier molecular flexibility index (Phi) is 15.0. The molecule has 0 aliphatic carbocycles. The molecule has 2 aliphatic rings. The predicted molar refractivity (Wildman–Crippen MR) is 244 cm³/mol. The van der Waals surface area contributed by atoms with Crippen molar-refractivity contribution in [3.8, 4) is 28.1 Å². The lowest BCUT2D eigenvalue weighted by Gasteiger charge is -2.37. The van der Waals surface area contributed by atoms with Gasteiger partial charge in [-0.2, -0.15) is 0 Å². The fourth-order valence-corrected chi connectivity index (χ4v) is 8.96. The second-order valence-corrected chi connectivity index (χ2v) is 18.1. The van der Waals surface area contributed by atoms with Gasteiger partial charge in [0.2, 0.25) is 17.7 Å². The maximum Gasteiger partial charge on any atom is 0.324 e. The van der Waals surface area contributed by atoms with Gasteiger partial charge in [-0.05, 0) is 96.8 Å². The highest BCUT2D eigenvalue weighted by Crippen LogP contribution is 2.41. The summed E-state index contributed by atoms with van der Waals surface area (Å²) >= 11 is 0. The molecule has 2 aromatic heterocycles. The number of ether oxygens (including phenoxy) is 2. The second-order valence-electron chi connectivity index (χ2n) is 18.1. The number of methoxy groups -OCH3 is 1. The van der Waals surface area contributed by atoms with Gasteiger partial charge in [0.05, 0.1) is 24.6 Å². The van der Waals surface area contributed by atoms with Gasteiger partial charge in [-0.15, -0.1) is 0 Å². The van der Waals surface area contributed by atoms with Crippen LogP contribution in [-0.4, -0.2) is 118 Å². The summed E-state index contributed by atoms with van der Waals surface area (Å²) in [5.41, 5.74) is 9.49. The van der Waals surface area contributed by atoms with E-state index in [4.69, 9.17) is 14.5 Å². The molecule has 3 N–H and O–H groups in total. The number of aromatic nitrogens is 2. The van der Waals surface area contributed by atoms with Gasteiger partial charge in [0.15, 0.2) is 0 Å². The zero-order valence-electron chi connectivity index (χ0n) is 38.4. The number of nitrogens with one attached hydrogen (secondary N) is 2. The van der Waals surface area contributed by atoms with Gasteiger partial charge >= 0.3 is 5.97 Å². The van der Waals surface area contributed by atoms with E-state index in [9.17, 15) is 29.1 Å². The summed E-state index contributed by atoms with van der Waals surface area (Å²) in [6.45, 7) is 14.8. The van der Waals surface area contributed by atoms with Crippen LogP contribution in [0, 0.1) is 11.3 Å². The van der Waals surface area contributed by atoms with Crippen molar-refractivity contribution < 1.29 is 38.6 Å². The van der Waals surface area contributed by atoms with Gasteiger partial charge in [0.25, 0.3) is 5.91 Å². The van der Waals surface area contributed by atoms with Crippen molar-refractivity contribution >= 4 is 40.5 Å². The van der Waals surface area contributed by atoms with Gasteiger partial charge in [-0.1, -0.05) is 46.4 Å². The summed E-state index contributed by atoms with van der Waals surface area (Å²) in [6, 6.07) is 12.4. The fourth-order valence-electron chi connectivity index (χ4n) is 8.96. The number of fused-ring (bicyclic) bond motifs is 6. The molecule has 342 valence electrons. The van der Waals surface area contributed by atoms with E-state index in [1.54, 1.807) is 32.5 Å². The van der Waals surface area contributed by atoms with Crippen LogP contribution in [0.2, 0.25) is 0 Å². The normalized spacial score (nSPS) is 18.2. The average Bonchev–Trinajstić information content (AvgIpc) is 3.57. The van der Waals surface area contributed by atoms with Gasteiger partial charge in [-0.25, -0.2) is 5.43 Å². The summed E-state index contributed by atoms with van der Waals surface area (Å²) in [4.78, 5) is 75.8. The predicted octanol–water partition coefficient (Wildman–Crippen LogP) is 5.41. The van der Waals surface area contributed by atoms with Crippen molar-refractivity contribution in [2.24, 2.45) is 11.3 Å². The first-order valence-electron chi connectivity index (χ1n) is 22.1. The van der Waals surface area contributed by atoms with Crippen LogP contribution in [-0.2, 0) is 59.4 Å². The van der Waals surface area contributed by atoms with Crippen molar-refractivity contribution in [3.05, 3.63) is 84.2 Å². The summed E-state index contributed by atoms with van der Waals surface area (Å²) in [7, 11) is 4.75. The Labute approximate surface area is 375 Å². The SMILES string of the molecule is C=CC(=O)N(C)CCC(=O)N(C)[C@H](C(=O)N[C@H]1Cc2cc(O)cc(c2)-c2ccc3c(c2)c(c(-c2cccnc2COC)n3CC)CC(C)(C)COC(=O)[C@@H]2CCCN(N2)C1=O)C(C)C. The van der Waals surface area contributed by atoms with Gasteiger partial charge in [0.1, 0.15) is 23.9 Å². The van der Waals surface area contributed by atoms with Gasteiger partial charge < -0.3 is 34.3 Å². The Bertz CT molecular complexity index is 2410. The second kappa shape index (κ2) is 20.2. The van der Waals surface area contributed by atoms with E-state index in [-0.39, 0.29) is 56.0 Å². The molecule has 15 heteroatoms. The molecule has 6 bridgehead atoms. The number of esters is 1. The maximum absolute atomic E-state index is 14.6. The highest BCUT2D eigenvalue weighted by atomic mass is 16.5. The average molecular weight is 878 g/mol. The Balaban J connectivity index is 1.44. The van der Waals surface area contributed by atoms with E-state index in [0.717, 1.165) is 39.0 Å². The molecule has 0 spiro atoms. The number of benzene rings is 2. The molecule has 1 saturated heterocycles. The number of rotatable bonds is 12. The number of aryl methyl sites for hydroxylation is 1. The van der Waals surface area contributed by atoms with Crippen LogP contribution in [0.5, 0.6) is 5.75 Å². The number of cyclic esters (lactones) is 1. The van der Waals surface area contributed by atoms with Crippen molar-refractivity contribution in [1.29, 1.82) is 0 Å². The van der Waals surface area contributed by atoms with Crippen LogP contribution >= 0.6 is 0 Å². The molecule has 2 aromatic carbocycles. The number of carbonyl (C=O) groups is 5. The third-order valence-corrected chi connectivity index (χ3v) is 12.2. The highest BCUT2D eigenvalue weighted by molar-refractivity contribution is 5.96. The van der Waals surface area contributed by atoms with Crippen molar-refractivity contribution in [2.45, 2.75) is 98.0 Å². The summed E-state index contributed by atoms with van der Waals surface area (Å²) in [6.07, 6.45) is 4.37. The molecule has 0 saturated carbocycles. The molecular formula is C49H63N7O8. The molecule has 1 fully saturated rings. The monoisotopic (exact) mass is 877 g/mol. The molecular weight excluding hydrogens is 815 g/mol. The van der Waals surface area contributed by atoms with Gasteiger partial charge in [-0.3, -0.25) is 34.0 Å². The number of pyridine rings is 1. The minimum Gasteiger partial charge on any atom is -0.508 e. The molecule has 3 atom stereocenters. The first kappa shape index (κ1) is 47.4. The zero-order chi connectivity index (χ0) is 46.5. The van der Waals surface area contributed by atoms with Crippen LogP contribution in [0.3, 0.4) is 0 Å². The molecule has 2 aliphatic heterocycles. The van der Waals surface area contributed by atoms with Crippen molar-refractivity contribution in [3.63, 3.8) is 0 Å². The molecule has 4 aromatic rings. The van der Waals surface area contributed by atoms with E-state index < -0.39 is 41.3 Å². The zero-order valence-corrected chi connectivity index (χ0v) is 38.4. The van der Waals surface area contributed by atoms with E-state index in [2.05, 4.69) is 60.9 Å². The molecule has 0 radical (unpaired) electrons. The minimum atomic E-state index is -1.17. The van der Waals surface area contributed by atoms with Crippen LogP contribution in [0.15, 0.2) is 67.4 Å². The fraction of sp³-hybridized carbons (Fsp3) is 0.469. The molecule has 15 nitrogen and oxygen atoms in total. The number of phenolic OH excluding ortho intramolecular Hbond substituents is 1. The number of hydrazine groups is 1. The number of likely N-dealkylation sites (N-methyl/N-ethyl adjacent to an activating group) is 2. The van der Waals surface area contributed by atoms with E-state index in [1.807, 2.05) is 32.0 Å². The minimum absolute atomic E-state index is 0.0163. The highest BCUT2D eigenvalue weighted by Gasteiger charge is 2.38.